The van der Waals surface area contributed by atoms with Gasteiger partial charge in [-0.05, 0) is 61.8 Å². The van der Waals surface area contributed by atoms with Crippen molar-refractivity contribution in [1.29, 1.82) is 0 Å². The van der Waals surface area contributed by atoms with E-state index in [1.54, 1.807) is 45.9 Å². The van der Waals surface area contributed by atoms with E-state index in [0.29, 0.717) is 38.9 Å². The Labute approximate surface area is 148 Å². The largest absolute Gasteiger partial charge is 0.481 e. The lowest BCUT2D eigenvalue weighted by molar-refractivity contribution is 0.00686. The highest BCUT2D eigenvalue weighted by Gasteiger charge is 2.27. The predicted octanol–water partition coefficient (Wildman–Crippen LogP) is 4.99. The van der Waals surface area contributed by atoms with E-state index in [9.17, 15) is 4.79 Å². The molecule has 0 amide bonds. The standard InChI is InChI=1S/C16H17BrClNO4/c1-9-13(15(20)22-16(2,3)4)14(19-23-9)10-5-6-12(21-8-17)11(18)7-10/h5-7H,8H2,1-4H3. The summed E-state index contributed by atoms with van der Waals surface area (Å²) in [6, 6.07) is 5.14. The third kappa shape index (κ3) is 4.26. The molecule has 0 saturated heterocycles. The number of ether oxygens (including phenoxy) is 2. The van der Waals surface area contributed by atoms with Gasteiger partial charge in [0, 0.05) is 5.56 Å². The van der Waals surface area contributed by atoms with Gasteiger partial charge < -0.3 is 14.0 Å². The number of alkyl halides is 1. The van der Waals surface area contributed by atoms with Gasteiger partial charge in [0.05, 0.1) is 5.02 Å². The normalized spacial score (nSPS) is 11.4. The van der Waals surface area contributed by atoms with E-state index in [0.717, 1.165) is 0 Å². The molecule has 0 aliphatic carbocycles. The lowest BCUT2D eigenvalue weighted by Crippen LogP contribution is -2.24. The average Bonchev–Trinajstić information content (AvgIpc) is 2.81. The van der Waals surface area contributed by atoms with Crippen molar-refractivity contribution >= 4 is 33.5 Å². The molecule has 2 rings (SSSR count). The summed E-state index contributed by atoms with van der Waals surface area (Å²) in [6.07, 6.45) is 0. The van der Waals surface area contributed by atoms with E-state index >= 15 is 0 Å². The summed E-state index contributed by atoms with van der Waals surface area (Å²) < 4.78 is 15.9. The Morgan fingerprint density at radius 1 is 1.39 bits per heavy atom. The summed E-state index contributed by atoms with van der Waals surface area (Å²) in [6.45, 7) is 7.07. The average molecular weight is 403 g/mol. The zero-order valence-corrected chi connectivity index (χ0v) is 15.6. The van der Waals surface area contributed by atoms with Crippen LogP contribution >= 0.6 is 27.5 Å². The van der Waals surface area contributed by atoms with Gasteiger partial charge in [0.15, 0.2) is 0 Å². The number of hydrogen-bond acceptors (Lipinski definition) is 5. The van der Waals surface area contributed by atoms with Crippen LogP contribution in [0.4, 0.5) is 0 Å². The second-order valence-corrected chi connectivity index (χ2v) is 6.73. The van der Waals surface area contributed by atoms with Gasteiger partial charge in [-0.25, -0.2) is 4.79 Å². The van der Waals surface area contributed by atoms with E-state index in [4.69, 9.17) is 25.6 Å². The summed E-state index contributed by atoms with van der Waals surface area (Å²) in [7, 11) is 0. The molecule has 0 saturated carbocycles. The minimum atomic E-state index is -0.608. The molecule has 0 radical (unpaired) electrons. The molecule has 1 heterocycles. The number of esters is 1. The van der Waals surface area contributed by atoms with Crippen LogP contribution in [0.15, 0.2) is 22.7 Å². The Bertz CT molecular complexity index is 721. The lowest BCUT2D eigenvalue weighted by atomic mass is 10.1. The van der Waals surface area contributed by atoms with Gasteiger partial charge in [-0.3, -0.25) is 0 Å². The van der Waals surface area contributed by atoms with Crippen LogP contribution in [0.2, 0.25) is 5.02 Å². The summed E-state index contributed by atoms with van der Waals surface area (Å²) in [4.78, 5) is 12.4. The summed E-state index contributed by atoms with van der Waals surface area (Å²) in [5, 5.41) is 4.38. The molecule has 5 nitrogen and oxygen atoms in total. The van der Waals surface area contributed by atoms with Crippen LogP contribution in [0.5, 0.6) is 5.75 Å². The summed E-state index contributed by atoms with van der Waals surface area (Å²) in [5.41, 5.74) is 1.06. The van der Waals surface area contributed by atoms with E-state index in [1.165, 1.54) is 0 Å². The summed E-state index contributed by atoms with van der Waals surface area (Å²) >= 11 is 9.36. The molecule has 23 heavy (non-hydrogen) atoms. The second-order valence-electron chi connectivity index (χ2n) is 5.86. The van der Waals surface area contributed by atoms with Crippen molar-refractivity contribution < 1.29 is 18.8 Å². The fraction of sp³-hybridized carbons (Fsp3) is 0.375. The highest BCUT2D eigenvalue weighted by Crippen LogP contribution is 2.33. The zero-order chi connectivity index (χ0) is 17.2. The first-order chi connectivity index (χ1) is 10.7. The van der Waals surface area contributed by atoms with Gasteiger partial charge in [-0.1, -0.05) is 16.8 Å². The molecular formula is C16H17BrClNO4. The number of nitrogens with zero attached hydrogens (tertiary/aromatic N) is 1. The number of hydrogen-bond donors (Lipinski definition) is 0. The van der Waals surface area contributed by atoms with Crippen LogP contribution in [0.25, 0.3) is 11.3 Å². The second kappa shape index (κ2) is 6.93. The van der Waals surface area contributed by atoms with Crippen molar-refractivity contribution in [1.82, 2.24) is 5.16 Å². The Kier molecular flexibility index (Phi) is 5.37. The van der Waals surface area contributed by atoms with Gasteiger partial charge in [-0.2, -0.15) is 0 Å². The number of carbonyl (C=O) groups excluding carboxylic acids is 1. The monoisotopic (exact) mass is 401 g/mol. The molecule has 0 atom stereocenters. The SMILES string of the molecule is Cc1onc(-c2ccc(OCBr)c(Cl)c2)c1C(=O)OC(C)(C)C. The van der Waals surface area contributed by atoms with E-state index in [2.05, 4.69) is 21.1 Å². The first-order valence-corrected chi connectivity index (χ1v) is 8.41. The Morgan fingerprint density at radius 3 is 2.65 bits per heavy atom. The van der Waals surface area contributed by atoms with Gasteiger partial charge in [0.1, 0.15) is 33.9 Å². The number of rotatable bonds is 4. The fourth-order valence-corrected chi connectivity index (χ4v) is 2.44. The smallest absolute Gasteiger partial charge is 0.344 e. The van der Waals surface area contributed by atoms with Crippen molar-refractivity contribution in [3.8, 4) is 17.0 Å². The maximum Gasteiger partial charge on any atom is 0.344 e. The molecule has 0 bridgehead atoms. The van der Waals surface area contributed by atoms with E-state index in [1.807, 2.05) is 0 Å². The van der Waals surface area contributed by atoms with Gasteiger partial charge in [0.25, 0.3) is 0 Å². The minimum absolute atomic E-state index is 0.296. The van der Waals surface area contributed by atoms with Gasteiger partial charge >= 0.3 is 5.97 Å². The number of aryl methyl sites for hydroxylation is 1. The first-order valence-electron chi connectivity index (χ1n) is 6.91. The topological polar surface area (TPSA) is 61.6 Å². The number of halogens is 2. The molecule has 0 fully saturated rings. The molecular weight excluding hydrogens is 386 g/mol. The van der Waals surface area contributed by atoms with Crippen molar-refractivity contribution in [3.63, 3.8) is 0 Å². The van der Waals surface area contributed by atoms with Crippen LogP contribution < -0.4 is 4.74 Å². The Hall–Kier alpha value is -1.53. The predicted molar refractivity (Wildman–Crippen MR) is 91.3 cm³/mol. The number of aromatic nitrogens is 1. The van der Waals surface area contributed by atoms with Crippen LogP contribution in [-0.2, 0) is 4.74 Å². The zero-order valence-electron chi connectivity index (χ0n) is 13.3. The van der Waals surface area contributed by atoms with E-state index < -0.39 is 11.6 Å². The van der Waals surface area contributed by atoms with Gasteiger partial charge in [-0.15, -0.1) is 0 Å². The van der Waals surface area contributed by atoms with E-state index in [-0.39, 0.29) is 0 Å². The molecule has 0 aliphatic heterocycles. The fourth-order valence-electron chi connectivity index (χ4n) is 1.96. The van der Waals surface area contributed by atoms with Crippen LogP contribution in [0.1, 0.15) is 36.9 Å². The molecule has 0 spiro atoms. The number of benzene rings is 1. The maximum atomic E-state index is 12.4. The van der Waals surface area contributed by atoms with Crippen LogP contribution in [0.3, 0.4) is 0 Å². The minimum Gasteiger partial charge on any atom is -0.481 e. The highest BCUT2D eigenvalue weighted by molar-refractivity contribution is 9.09. The Balaban J connectivity index is 2.42. The molecule has 1 aromatic heterocycles. The molecule has 124 valence electrons. The van der Waals surface area contributed by atoms with Crippen molar-refractivity contribution in [2.24, 2.45) is 0 Å². The van der Waals surface area contributed by atoms with Crippen molar-refractivity contribution in [2.45, 2.75) is 33.3 Å². The Morgan fingerprint density at radius 2 is 2.09 bits per heavy atom. The van der Waals surface area contributed by atoms with Crippen LogP contribution in [0, 0.1) is 6.92 Å². The highest BCUT2D eigenvalue weighted by atomic mass is 79.9. The first kappa shape index (κ1) is 17.8. The molecule has 0 unspecified atom stereocenters. The third-order valence-corrected chi connectivity index (χ3v) is 3.41. The van der Waals surface area contributed by atoms with Gasteiger partial charge in [0.2, 0.25) is 0 Å². The van der Waals surface area contributed by atoms with Crippen LogP contribution in [-0.4, -0.2) is 22.2 Å². The molecule has 7 heteroatoms. The summed E-state index contributed by atoms with van der Waals surface area (Å²) in [5.74, 6) is 0.445. The maximum absolute atomic E-state index is 12.4. The third-order valence-electron chi connectivity index (χ3n) is 2.88. The molecule has 2 aromatic rings. The van der Waals surface area contributed by atoms with Crippen molar-refractivity contribution in [3.05, 3.63) is 34.5 Å². The number of carbonyl (C=O) groups is 1. The molecule has 0 N–H and O–H groups in total. The van der Waals surface area contributed by atoms with Crippen molar-refractivity contribution in [2.75, 3.05) is 5.52 Å². The lowest BCUT2D eigenvalue weighted by Gasteiger charge is -2.19. The quantitative estimate of drug-likeness (QED) is 0.532. The molecule has 1 aromatic carbocycles. The molecule has 0 aliphatic rings.